The highest BCUT2D eigenvalue weighted by Crippen LogP contribution is 2.25. The molecule has 0 aliphatic rings. The normalized spacial score (nSPS) is 12.1. The zero-order valence-corrected chi connectivity index (χ0v) is 22.0. The Morgan fingerprint density at radius 1 is 1.08 bits per heavy atom. The van der Waals surface area contributed by atoms with E-state index in [9.17, 15) is 25.0 Å². The zero-order valence-electron chi connectivity index (χ0n) is 20.4. The Morgan fingerprint density at radius 2 is 1.82 bits per heavy atom. The third kappa shape index (κ3) is 5.75. The SMILES string of the molecule is CC[C@@H](C)c1nc2ccc(Br)cc2c(=O)n1N=Cc1cc([N+](=O)[O-])ccc1OCc1cccc([N+](=O)[O-])c1. The molecule has 0 fully saturated rings. The second-order valence-corrected chi connectivity index (χ2v) is 9.41. The largest absolute Gasteiger partial charge is 0.488 e. The molecule has 3 aromatic carbocycles. The highest BCUT2D eigenvalue weighted by atomic mass is 79.9. The van der Waals surface area contributed by atoms with Gasteiger partial charge in [-0.25, -0.2) is 4.98 Å². The van der Waals surface area contributed by atoms with Gasteiger partial charge < -0.3 is 4.74 Å². The Bertz CT molecular complexity index is 1630. The topological polar surface area (TPSA) is 143 Å². The Kier molecular flexibility index (Phi) is 7.91. The van der Waals surface area contributed by atoms with Crippen molar-refractivity contribution < 1.29 is 14.6 Å². The monoisotopic (exact) mass is 579 g/mol. The van der Waals surface area contributed by atoms with Crippen LogP contribution in [0, 0.1) is 20.2 Å². The molecule has 12 heteroatoms. The van der Waals surface area contributed by atoms with E-state index in [-0.39, 0.29) is 40.8 Å². The Balaban J connectivity index is 1.77. The predicted molar refractivity (Wildman–Crippen MR) is 146 cm³/mol. The molecule has 0 saturated heterocycles. The summed E-state index contributed by atoms with van der Waals surface area (Å²) < 4.78 is 7.77. The lowest BCUT2D eigenvalue weighted by molar-refractivity contribution is -0.385. The van der Waals surface area contributed by atoms with Crippen LogP contribution in [0.2, 0.25) is 0 Å². The molecule has 1 heterocycles. The first-order chi connectivity index (χ1) is 18.2. The lowest BCUT2D eigenvalue weighted by Crippen LogP contribution is -2.23. The predicted octanol–water partition coefficient (Wildman–Crippen LogP) is 5.95. The van der Waals surface area contributed by atoms with Crippen LogP contribution in [0.15, 0.2) is 75.0 Å². The number of non-ortho nitro benzene ring substituents is 2. The molecule has 0 saturated carbocycles. The van der Waals surface area contributed by atoms with E-state index >= 15 is 0 Å². The van der Waals surface area contributed by atoms with E-state index in [1.165, 1.54) is 41.2 Å². The Morgan fingerprint density at radius 3 is 2.53 bits per heavy atom. The number of hydrogen-bond acceptors (Lipinski definition) is 8. The third-order valence-corrected chi connectivity index (χ3v) is 6.41. The number of nitro groups is 2. The number of nitro benzene ring substituents is 2. The van der Waals surface area contributed by atoms with Gasteiger partial charge in [0.2, 0.25) is 0 Å². The summed E-state index contributed by atoms with van der Waals surface area (Å²) in [5.74, 6) is 0.608. The molecule has 1 atom stereocenters. The fraction of sp³-hybridized carbons (Fsp3) is 0.192. The summed E-state index contributed by atoms with van der Waals surface area (Å²) in [7, 11) is 0. The summed E-state index contributed by atoms with van der Waals surface area (Å²) in [6.07, 6.45) is 2.02. The average Bonchev–Trinajstić information content (AvgIpc) is 2.91. The van der Waals surface area contributed by atoms with Crippen molar-refractivity contribution in [1.82, 2.24) is 9.66 Å². The molecule has 38 heavy (non-hydrogen) atoms. The molecule has 0 unspecified atom stereocenters. The third-order valence-electron chi connectivity index (χ3n) is 5.92. The number of halogens is 1. The molecule has 0 radical (unpaired) electrons. The van der Waals surface area contributed by atoms with Crippen LogP contribution in [0.4, 0.5) is 11.4 Å². The van der Waals surface area contributed by atoms with Crippen LogP contribution < -0.4 is 10.3 Å². The van der Waals surface area contributed by atoms with Gasteiger partial charge in [-0.05, 0) is 36.2 Å². The summed E-state index contributed by atoms with van der Waals surface area (Å²) >= 11 is 3.38. The van der Waals surface area contributed by atoms with Crippen LogP contribution in [0.1, 0.15) is 43.1 Å². The van der Waals surface area contributed by atoms with Crippen molar-refractivity contribution in [3.8, 4) is 5.75 Å². The Labute approximate surface area is 224 Å². The van der Waals surface area contributed by atoms with Gasteiger partial charge in [0.05, 0.1) is 27.0 Å². The van der Waals surface area contributed by atoms with E-state index in [2.05, 4.69) is 26.0 Å². The minimum absolute atomic E-state index is 0.0239. The number of aromatic nitrogens is 2. The van der Waals surface area contributed by atoms with Crippen molar-refractivity contribution >= 4 is 44.4 Å². The summed E-state index contributed by atoms with van der Waals surface area (Å²) in [5, 5.41) is 27.2. The molecule has 0 bridgehead atoms. The van der Waals surface area contributed by atoms with Gasteiger partial charge in [-0.3, -0.25) is 25.0 Å². The molecule has 11 nitrogen and oxygen atoms in total. The fourth-order valence-corrected chi connectivity index (χ4v) is 4.06. The van der Waals surface area contributed by atoms with E-state index in [1.807, 2.05) is 13.8 Å². The maximum Gasteiger partial charge on any atom is 0.282 e. The quantitative estimate of drug-likeness (QED) is 0.135. The number of fused-ring (bicyclic) bond motifs is 1. The van der Waals surface area contributed by atoms with Gasteiger partial charge in [-0.1, -0.05) is 41.9 Å². The summed E-state index contributed by atoms with van der Waals surface area (Å²) in [5.41, 5.74) is 0.679. The summed E-state index contributed by atoms with van der Waals surface area (Å²) in [4.78, 5) is 39.5. The highest BCUT2D eigenvalue weighted by molar-refractivity contribution is 9.10. The molecule has 0 N–H and O–H groups in total. The maximum absolute atomic E-state index is 13.4. The van der Waals surface area contributed by atoms with Gasteiger partial charge in [0.1, 0.15) is 18.2 Å². The van der Waals surface area contributed by atoms with Crippen molar-refractivity contribution in [1.29, 1.82) is 0 Å². The van der Waals surface area contributed by atoms with Crippen LogP contribution in [-0.2, 0) is 6.61 Å². The first-order valence-corrected chi connectivity index (χ1v) is 12.4. The second-order valence-electron chi connectivity index (χ2n) is 8.50. The zero-order chi connectivity index (χ0) is 27.4. The minimum atomic E-state index is -0.548. The van der Waals surface area contributed by atoms with Gasteiger partial charge in [0.25, 0.3) is 16.9 Å². The maximum atomic E-state index is 13.4. The van der Waals surface area contributed by atoms with E-state index in [0.29, 0.717) is 33.2 Å². The van der Waals surface area contributed by atoms with Crippen molar-refractivity contribution in [2.75, 3.05) is 0 Å². The van der Waals surface area contributed by atoms with E-state index in [4.69, 9.17) is 4.74 Å². The van der Waals surface area contributed by atoms with E-state index < -0.39 is 9.85 Å². The summed E-state index contributed by atoms with van der Waals surface area (Å²) in [6, 6.07) is 15.2. The lowest BCUT2D eigenvalue weighted by Gasteiger charge is -2.14. The van der Waals surface area contributed by atoms with E-state index in [0.717, 1.165) is 0 Å². The first-order valence-electron chi connectivity index (χ1n) is 11.6. The molecular formula is C26H22BrN5O6. The van der Waals surface area contributed by atoms with E-state index in [1.54, 1.807) is 30.3 Å². The molecule has 0 aliphatic heterocycles. The molecule has 0 spiro atoms. The number of benzene rings is 3. The van der Waals surface area contributed by atoms with Crippen molar-refractivity contribution in [3.05, 3.63) is 113 Å². The highest BCUT2D eigenvalue weighted by Gasteiger charge is 2.17. The van der Waals surface area contributed by atoms with Crippen LogP contribution in [0.5, 0.6) is 5.75 Å². The van der Waals surface area contributed by atoms with Gasteiger partial charge in [-0.15, -0.1) is 0 Å². The molecule has 0 aliphatic carbocycles. The first kappa shape index (κ1) is 26.6. The van der Waals surface area contributed by atoms with Crippen molar-refractivity contribution in [3.63, 3.8) is 0 Å². The standard InChI is InChI=1S/C26H22BrN5O6/c1-3-16(2)25-29-23-9-7-19(27)13-22(23)26(33)30(25)28-14-18-12-21(32(36)37)8-10-24(18)38-15-17-5-4-6-20(11-17)31(34)35/h4-14,16H,3,15H2,1-2H3/t16-/m1/s1. The van der Waals surface area contributed by atoms with Gasteiger partial charge in [0.15, 0.2) is 0 Å². The minimum Gasteiger partial charge on any atom is -0.488 e. The Hall–Kier alpha value is -4.45. The number of rotatable bonds is 9. The smallest absolute Gasteiger partial charge is 0.282 e. The average molecular weight is 580 g/mol. The van der Waals surface area contributed by atoms with Gasteiger partial charge in [0, 0.05) is 40.2 Å². The van der Waals surface area contributed by atoms with Crippen molar-refractivity contribution in [2.24, 2.45) is 5.10 Å². The van der Waals surface area contributed by atoms with Gasteiger partial charge >= 0.3 is 0 Å². The van der Waals surface area contributed by atoms with Crippen LogP contribution in [-0.4, -0.2) is 25.7 Å². The van der Waals surface area contributed by atoms with Crippen LogP contribution in [0.25, 0.3) is 10.9 Å². The fourth-order valence-electron chi connectivity index (χ4n) is 3.70. The second kappa shape index (κ2) is 11.3. The molecule has 194 valence electrons. The molecule has 0 amide bonds. The molecule has 1 aromatic heterocycles. The van der Waals surface area contributed by atoms with Gasteiger partial charge in [-0.2, -0.15) is 9.78 Å². The van der Waals surface area contributed by atoms with Crippen LogP contribution >= 0.6 is 15.9 Å². The number of ether oxygens (including phenoxy) is 1. The number of hydrogen-bond donors (Lipinski definition) is 0. The molecular weight excluding hydrogens is 558 g/mol. The lowest BCUT2D eigenvalue weighted by atomic mass is 10.1. The molecule has 4 aromatic rings. The van der Waals surface area contributed by atoms with Crippen molar-refractivity contribution in [2.45, 2.75) is 32.8 Å². The molecule has 4 rings (SSSR count). The summed E-state index contributed by atoms with van der Waals surface area (Å²) in [6.45, 7) is 3.88. The number of nitrogens with zero attached hydrogens (tertiary/aromatic N) is 5. The van der Waals surface area contributed by atoms with Crippen LogP contribution in [0.3, 0.4) is 0 Å².